The molecule has 3 aromatic carbocycles. The molecule has 3 aromatic rings. The van der Waals surface area contributed by atoms with Gasteiger partial charge in [0.25, 0.3) is 0 Å². The monoisotopic (exact) mass is 567 g/mol. The van der Waals surface area contributed by atoms with Crippen molar-refractivity contribution in [1.82, 2.24) is 0 Å². The number of hydrogen-bond donors (Lipinski definition) is 0. The maximum absolute atomic E-state index is 5.28. The molecular weight excluding hydrogens is 529 g/mol. The molecule has 0 saturated heterocycles. The van der Waals surface area contributed by atoms with Gasteiger partial charge in [-0.1, -0.05) is 117 Å². The van der Waals surface area contributed by atoms with Gasteiger partial charge in [-0.25, -0.2) is 6.07 Å². The molecule has 182 valence electrons. The van der Waals surface area contributed by atoms with Crippen molar-refractivity contribution < 1.29 is 21.7 Å². The molecule has 0 saturated carbocycles. The summed E-state index contributed by atoms with van der Waals surface area (Å²) >= 11 is 0. The van der Waals surface area contributed by atoms with Crippen LogP contribution in [0.3, 0.4) is 0 Å². The summed E-state index contributed by atoms with van der Waals surface area (Å²) < 4.78 is 0. The first-order chi connectivity index (χ1) is 16.0. The molecule has 3 nitrogen and oxygen atoms in total. The average molecular weight is 568 g/mol. The molecular formula is C27H38N3PSi3Ti. The molecule has 0 radical (unpaired) electrons. The van der Waals surface area contributed by atoms with Gasteiger partial charge in [0.05, 0.1) is 0 Å². The zero-order chi connectivity index (χ0) is 24.7. The molecule has 0 heterocycles. The number of hydrogen-bond acceptors (Lipinski definition) is 0. The summed E-state index contributed by atoms with van der Waals surface area (Å²) in [4.78, 5) is 15.8. The molecule has 3 rings (SSSR count). The molecule has 0 unspecified atom stereocenters. The summed E-state index contributed by atoms with van der Waals surface area (Å²) in [5.74, 6) is 3.71. The second kappa shape index (κ2) is 13.4. The third-order valence-electron chi connectivity index (χ3n) is 5.32. The van der Waals surface area contributed by atoms with Crippen molar-refractivity contribution >= 4 is 49.7 Å². The van der Waals surface area contributed by atoms with Gasteiger partial charge in [0.1, 0.15) is 0 Å². The normalized spacial score (nSPS) is 12.1. The van der Waals surface area contributed by atoms with Gasteiger partial charge in [-0.3, -0.25) is 5.69 Å². The van der Waals surface area contributed by atoms with E-state index in [0.717, 1.165) is 17.1 Å². The molecule has 0 aromatic heterocycles. The molecule has 0 aliphatic carbocycles. The Morgan fingerprint density at radius 2 is 0.971 bits per heavy atom. The van der Waals surface area contributed by atoms with E-state index in [4.69, 9.17) is 14.9 Å². The van der Waals surface area contributed by atoms with Crippen molar-refractivity contribution in [2.24, 2.45) is 0 Å². The van der Waals surface area contributed by atoms with Gasteiger partial charge >= 0.3 is 21.7 Å². The second-order valence-electron chi connectivity index (χ2n) is 10.8. The summed E-state index contributed by atoms with van der Waals surface area (Å²) in [6.07, 6.45) is 0. The van der Waals surface area contributed by atoms with Gasteiger partial charge in [-0.05, 0) is 24.7 Å². The van der Waals surface area contributed by atoms with E-state index < -0.39 is 24.7 Å². The first-order valence-corrected chi connectivity index (χ1v) is 23.4. The average Bonchev–Trinajstić information content (AvgIpc) is 2.73. The molecule has 0 aliphatic rings. The number of benzene rings is 3. The molecule has 0 amide bonds. The Labute approximate surface area is 232 Å². The SMILES string of the molecule is C[Si](C)(CP(C[Si](C)(C)[N-]c1ccccc1)C[Si](C)(C)[N-]c1ccccc1)[N-]c1[c-]cccc1.[Ti+4]. The zero-order valence-corrected chi connectivity index (χ0v) is 27.4. The van der Waals surface area contributed by atoms with Crippen LogP contribution in [-0.4, -0.2) is 42.1 Å². The number of rotatable bonds is 12. The molecule has 0 N–H and O–H groups in total. The molecule has 8 heteroatoms. The summed E-state index contributed by atoms with van der Waals surface area (Å²) in [7, 11) is -5.60. The van der Waals surface area contributed by atoms with E-state index in [9.17, 15) is 0 Å². The van der Waals surface area contributed by atoms with E-state index in [1.165, 1.54) is 17.4 Å². The van der Waals surface area contributed by atoms with Crippen LogP contribution in [-0.2, 0) is 21.7 Å². The first kappa shape index (κ1) is 30.1. The van der Waals surface area contributed by atoms with Crippen LogP contribution in [0, 0.1) is 6.07 Å². The van der Waals surface area contributed by atoms with Gasteiger partial charge in [-0.2, -0.15) is 24.3 Å². The van der Waals surface area contributed by atoms with Crippen LogP contribution in [0.2, 0.25) is 39.3 Å². The number of nitrogens with zero attached hydrogens (tertiary/aromatic N) is 3. The van der Waals surface area contributed by atoms with E-state index in [1.807, 2.05) is 12.1 Å². The third kappa shape index (κ3) is 11.2. The van der Waals surface area contributed by atoms with Crippen LogP contribution in [0.5, 0.6) is 0 Å². The predicted molar refractivity (Wildman–Crippen MR) is 161 cm³/mol. The van der Waals surface area contributed by atoms with Crippen molar-refractivity contribution in [1.29, 1.82) is 0 Å². The van der Waals surface area contributed by atoms with Crippen molar-refractivity contribution in [3.8, 4) is 0 Å². The van der Waals surface area contributed by atoms with Crippen LogP contribution in [0.25, 0.3) is 14.9 Å². The van der Waals surface area contributed by atoms with Crippen LogP contribution >= 0.6 is 7.92 Å². The summed E-state index contributed by atoms with van der Waals surface area (Å²) in [6, 6.07) is 32.5. The Morgan fingerprint density at radius 1 is 0.571 bits per heavy atom. The van der Waals surface area contributed by atoms with Crippen molar-refractivity contribution in [2.75, 3.05) is 17.4 Å². The summed E-state index contributed by atoms with van der Waals surface area (Å²) in [5.41, 5.74) is 3.25. The minimum absolute atomic E-state index is 0. The fraction of sp³-hybridized carbons (Fsp3) is 0.333. The van der Waals surface area contributed by atoms with Gasteiger partial charge in [0.2, 0.25) is 0 Å². The Hall–Kier alpha value is -1.15. The van der Waals surface area contributed by atoms with E-state index in [-0.39, 0.29) is 29.6 Å². The third-order valence-corrected chi connectivity index (χ3v) is 22.5. The summed E-state index contributed by atoms with van der Waals surface area (Å²) in [6.45, 7) is 14.5. The standard InChI is InChI=1S/C27H38N3PSi3.Ti/c1-32(2,28-25-16-10-7-11-17-25)22-31(23-33(3,4)29-26-18-12-8-13-19-26)24-34(5,6)30-27-20-14-9-15-21-27;/h7-20H,22-24H2,1-6H3;/q-4;+4. The van der Waals surface area contributed by atoms with Crippen LogP contribution in [0.1, 0.15) is 0 Å². The maximum Gasteiger partial charge on any atom is 4.00 e. The molecule has 35 heavy (non-hydrogen) atoms. The van der Waals surface area contributed by atoms with Crippen LogP contribution < -0.4 is 0 Å². The minimum Gasteiger partial charge on any atom is -0.708 e. The van der Waals surface area contributed by atoms with Gasteiger partial charge < -0.3 is 14.9 Å². The Morgan fingerprint density at radius 3 is 1.37 bits per heavy atom. The molecule has 0 fully saturated rings. The topological polar surface area (TPSA) is 42.3 Å². The van der Waals surface area contributed by atoms with Gasteiger partial charge in [0, 0.05) is 0 Å². The fourth-order valence-corrected chi connectivity index (χ4v) is 25.2. The zero-order valence-electron chi connectivity index (χ0n) is 22.0. The van der Waals surface area contributed by atoms with E-state index in [1.54, 1.807) is 0 Å². The Bertz CT molecular complexity index is 874. The molecule has 0 bridgehead atoms. The van der Waals surface area contributed by atoms with Crippen LogP contribution in [0.15, 0.2) is 84.9 Å². The van der Waals surface area contributed by atoms with Crippen LogP contribution in [0.4, 0.5) is 17.1 Å². The van der Waals surface area contributed by atoms with Crippen molar-refractivity contribution in [2.45, 2.75) is 39.3 Å². The van der Waals surface area contributed by atoms with E-state index >= 15 is 0 Å². The first-order valence-electron chi connectivity index (χ1n) is 12.0. The fourth-order valence-electron chi connectivity index (χ4n) is 4.40. The molecule has 0 atom stereocenters. The summed E-state index contributed by atoms with van der Waals surface area (Å²) in [5, 5.41) is 0. The van der Waals surface area contributed by atoms with Crippen molar-refractivity contribution in [3.63, 3.8) is 0 Å². The smallest absolute Gasteiger partial charge is 0.708 e. The minimum atomic E-state index is -1.81. The Balaban J connectivity index is 0.00000432. The van der Waals surface area contributed by atoms with Gasteiger partial charge in [0.15, 0.2) is 0 Å². The van der Waals surface area contributed by atoms with Crippen molar-refractivity contribution in [3.05, 3.63) is 106 Å². The molecule has 0 aliphatic heterocycles. The second-order valence-corrected chi connectivity index (χ2v) is 27.5. The molecule has 0 spiro atoms. The van der Waals surface area contributed by atoms with E-state index in [2.05, 4.69) is 118 Å². The van der Waals surface area contributed by atoms with E-state index in [0.29, 0.717) is 0 Å². The predicted octanol–water partition coefficient (Wildman–Crippen LogP) is 9.62. The quantitative estimate of drug-likeness (QED) is 0.119. The van der Waals surface area contributed by atoms with Gasteiger partial charge in [-0.15, -0.1) is 19.3 Å². The Kier molecular flexibility index (Phi) is 11.5. The largest absolute Gasteiger partial charge is 4.00 e. The maximum atomic E-state index is 5.28.